The van der Waals surface area contributed by atoms with Crippen LogP contribution in [0.25, 0.3) is 6.08 Å². The summed E-state index contributed by atoms with van der Waals surface area (Å²) in [5.41, 5.74) is 10.3. The predicted octanol–water partition coefficient (Wildman–Crippen LogP) is 4.63. The molecule has 180 valence electrons. The number of aliphatic imine (C=N–C) groups is 1. The fourth-order valence-electron chi connectivity index (χ4n) is 3.47. The van der Waals surface area contributed by atoms with E-state index in [1.54, 1.807) is 9.80 Å². The van der Waals surface area contributed by atoms with Crippen molar-refractivity contribution in [1.29, 1.82) is 0 Å². The molecular formula is C26H29N7OS. The van der Waals surface area contributed by atoms with Crippen molar-refractivity contribution in [3.63, 3.8) is 0 Å². The maximum absolute atomic E-state index is 13.5. The molecule has 1 aliphatic rings. The number of anilines is 3. The van der Waals surface area contributed by atoms with Crippen molar-refractivity contribution in [2.24, 2.45) is 4.99 Å². The lowest BCUT2D eigenvalue weighted by molar-refractivity contribution is -0.113. The van der Waals surface area contributed by atoms with Gasteiger partial charge in [-0.2, -0.15) is 15.0 Å². The summed E-state index contributed by atoms with van der Waals surface area (Å²) in [4.78, 5) is 34.4. The monoisotopic (exact) mass is 487 g/mol. The number of aryl methyl sites for hydroxylation is 1. The van der Waals surface area contributed by atoms with Gasteiger partial charge in [0.05, 0.1) is 11.4 Å². The van der Waals surface area contributed by atoms with Gasteiger partial charge in [0, 0.05) is 14.1 Å². The van der Waals surface area contributed by atoms with Gasteiger partial charge in [0.15, 0.2) is 5.17 Å². The first kappa shape index (κ1) is 24.4. The number of aromatic nitrogens is 3. The van der Waals surface area contributed by atoms with Gasteiger partial charge in [0.2, 0.25) is 11.9 Å². The molecule has 4 rings (SSSR count). The maximum atomic E-state index is 13.5. The number of benzene rings is 2. The van der Waals surface area contributed by atoms with Crippen LogP contribution in [0.4, 0.5) is 17.6 Å². The molecular weight excluding hydrogens is 458 g/mol. The molecule has 1 aromatic heterocycles. The van der Waals surface area contributed by atoms with E-state index >= 15 is 0 Å². The molecule has 0 atom stereocenters. The first-order valence-electron chi connectivity index (χ1n) is 11.3. The molecule has 0 radical (unpaired) electrons. The van der Waals surface area contributed by atoms with E-state index < -0.39 is 0 Å². The molecule has 1 aliphatic heterocycles. The van der Waals surface area contributed by atoms with E-state index in [0.29, 0.717) is 34.3 Å². The van der Waals surface area contributed by atoms with Crippen LogP contribution in [0.2, 0.25) is 0 Å². The number of rotatable bonds is 6. The van der Waals surface area contributed by atoms with E-state index in [4.69, 9.17) is 10.7 Å². The average molecular weight is 488 g/mol. The molecule has 0 aliphatic carbocycles. The molecule has 3 aromatic rings. The van der Waals surface area contributed by atoms with Crippen LogP contribution in [0, 0.1) is 6.92 Å². The van der Waals surface area contributed by atoms with Gasteiger partial charge in [-0.3, -0.25) is 9.69 Å². The third-order valence-corrected chi connectivity index (χ3v) is 6.38. The molecule has 0 saturated heterocycles. The Morgan fingerprint density at radius 1 is 1.03 bits per heavy atom. The van der Waals surface area contributed by atoms with Crippen molar-refractivity contribution < 1.29 is 4.79 Å². The lowest BCUT2D eigenvalue weighted by atomic mass is 10.0. The van der Waals surface area contributed by atoms with Crippen LogP contribution in [0.5, 0.6) is 0 Å². The minimum Gasteiger partial charge on any atom is -0.368 e. The molecule has 2 N–H and O–H groups in total. The Balaban J connectivity index is 1.65. The van der Waals surface area contributed by atoms with E-state index in [2.05, 4.69) is 40.9 Å². The summed E-state index contributed by atoms with van der Waals surface area (Å²) < 4.78 is 0. The second-order valence-electron chi connectivity index (χ2n) is 8.81. The van der Waals surface area contributed by atoms with Gasteiger partial charge in [-0.1, -0.05) is 67.6 Å². The Morgan fingerprint density at radius 2 is 1.71 bits per heavy atom. The molecule has 0 bridgehead atoms. The van der Waals surface area contributed by atoms with E-state index in [0.717, 1.165) is 16.8 Å². The van der Waals surface area contributed by atoms with Crippen molar-refractivity contribution in [2.45, 2.75) is 32.4 Å². The van der Waals surface area contributed by atoms with E-state index in [9.17, 15) is 4.79 Å². The van der Waals surface area contributed by atoms with Gasteiger partial charge in [-0.25, -0.2) is 4.99 Å². The number of nitrogens with two attached hydrogens (primary N) is 1. The smallest absolute Gasteiger partial charge is 0.283 e. The Hall–Kier alpha value is -3.72. The zero-order chi connectivity index (χ0) is 25.1. The van der Waals surface area contributed by atoms with E-state index in [1.165, 1.54) is 17.3 Å². The molecule has 0 spiro atoms. The van der Waals surface area contributed by atoms with Crippen molar-refractivity contribution in [3.8, 4) is 0 Å². The SMILES string of the molecule is Cc1ccc(N2C(=O)/C(=C/c3ccc(C(C)C)cc3)N=C2SCc2nc(N)nc(N(C)C)n2)cc1. The lowest BCUT2D eigenvalue weighted by Crippen LogP contribution is -2.30. The molecule has 2 heterocycles. The number of amides is 1. The second-order valence-corrected chi connectivity index (χ2v) is 9.76. The largest absolute Gasteiger partial charge is 0.368 e. The van der Waals surface area contributed by atoms with Crippen molar-refractivity contribution in [1.82, 2.24) is 15.0 Å². The summed E-state index contributed by atoms with van der Waals surface area (Å²) in [7, 11) is 3.69. The van der Waals surface area contributed by atoms with Crippen LogP contribution in [-0.4, -0.2) is 40.1 Å². The molecule has 9 heteroatoms. The number of carbonyl (C=O) groups excluding carboxylic acids is 1. The Labute approximate surface area is 210 Å². The Bertz CT molecular complexity index is 1280. The number of carbonyl (C=O) groups is 1. The highest BCUT2D eigenvalue weighted by Gasteiger charge is 2.32. The van der Waals surface area contributed by atoms with Crippen LogP contribution >= 0.6 is 11.8 Å². The topological polar surface area (TPSA) is 101 Å². The molecule has 8 nitrogen and oxygen atoms in total. The standard InChI is InChI=1S/C26H29N7OS/c1-16(2)19-10-8-18(9-11-19)14-21-23(34)33(20-12-6-17(3)7-13-20)26(28-21)35-15-22-29-24(27)31-25(30-22)32(4)5/h6-14,16H,15H2,1-5H3,(H2,27,29,30,31)/b21-14-. The minimum absolute atomic E-state index is 0.157. The maximum Gasteiger partial charge on any atom is 0.283 e. The molecule has 0 fully saturated rings. The summed E-state index contributed by atoms with van der Waals surface area (Å²) in [5, 5.41) is 0.564. The third-order valence-electron chi connectivity index (χ3n) is 5.45. The summed E-state index contributed by atoms with van der Waals surface area (Å²) in [5.74, 6) is 1.82. The summed E-state index contributed by atoms with van der Waals surface area (Å²) in [6.07, 6.45) is 1.83. The second kappa shape index (κ2) is 10.3. The number of thioether (sulfide) groups is 1. The van der Waals surface area contributed by atoms with Gasteiger partial charge in [0.25, 0.3) is 5.91 Å². The number of amidine groups is 1. The van der Waals surface area contributed by atoms with Crippen molar-refractivity contribution in [3.05, 3.63) is 76.7 Å². The first-order valence-corrected chi connectivity index (χ1v) is 12.3. The van der Waals surface area contributed by atoms with Crippen LogP contribution in [0.1, 0.15) is 42.3 Å². The molecule has 35 heavy (non-hydrogen) atoms. The fraction of sp³-hybridized carbons (Fsp3) is 0.269. The molecule has 2 aromatic carbocycles. The van der Waals surface area contributed by atoms with Crippen LogP contribution < -0.4 is 15.5 Å². The predicted molar refractivity (Wildman–Crippen MR) is 144 cm³/mol. The van der Waals surface area contributed by atoms with Crippen LogP contribution in [-0.2, 0) is 10.5 Å². The highest BCUT2D eigenvalue weighted by Crippen LogP contribution is 2.31. The average Bonchev–Trinajstić information content (AvgIpc) is 3.13. The van der Waals surface area contributed by atoms with E-state index in [1.807, 2.05) is 63.5 Å². The number of hydrogen-bond acceptors (Lipinski definition) is 8. The van der Waals surface area contributed by atoms with E-state index in [-0.39, 0.29) is 11.9 Å². The first-order chi connectivity index (χ1) is 16.7. The van der Waals surface area contributed by atoms with Crippen LogP contribution in [0.15, 0.2) is 59.2 Å². The Kier molecular flexibility index (Phi) is 7.16. The van der Waals surface area contributed by atoms with Gasteiger partial charge in [0.1, 0.15) is 11.5 Å². The van der Waals surface area contributed by atoms with Crippen molar-refractivity contribution >= 4 is 46.5 Å². The Morgan fingerprint density at radius 3 is 2.34 bits per heavy atom. The van der Waals surface area contributed by atoms with Crippen LogP contribution in [0.3, 0.4) is 0 Å². The van der Waals surface area contributed by atoms with Gasteiger partial charge in [-0.05, 0) is 42.2 Å². The quantitative estimate of drug-likeness (QED) is 0.506. The van der Waals surface area contributed by atoms with Crippen molar-refractivity contribution in [2.75, 3.05) is 29.6 Å². The number of nitrogens with zero attached hydrogens (tertiary/aromatic N) is 6. The summed E-state index contributed by atoms with van der Waals surface area (Å²) in [6.45, 7) is 6.32. The highest BCUT2D eigenvalue weighted by atomic mass is 32.2. The molecule has 0 unspecified atom stereocenters. The third kappa shape index (κ3) is 5.68. The zero-order valence-electron chi connectivity index (χ0n) is 20.6. The molecule has 1 amide bonds. The minimum atomic E-state index is -0.173. The number of nitrogen functional groups attached to an aromatic ring is 1. The fourth-order valence-corrected chi connectivity index (χ4v) is 4.34. The highest BCUT2D eigenvalue weighted by molar-refractivity contribution is 8.13. The lowest BCUT2D eigenvalue weighted by Gasteiger charge is -2.18. The number of hydrogen-bond donors (Lipinski definition) is 1. The summed E-state index contributed by atoms with van der Waals surface area (Å²) >= 11 is 1.39. The normalized spacial score (nSPS) is 14.7. The van der Waals surface area contributed by atoms with Gasteiger partial charge < -0.3 is 10.6 Å². The van der Waals surface area contributed by atoms with Gasteiger partial charge in [-0.15, -0.1) is 0 Å². The zero-order valence-corrected chi connectivity index (χ0v) is 21.4. The summed E-state index contributed by atoms with van der Waals surface area (Å²) in [6, 6.07) is 16.0. The van der Waals surface area contributed by atoms with Gasteiger partial charge >= 0.3 is 0 Å². The molecule has 0 saturated carbocycles.